The van der Waals surface area contributed by atoms with Crippen molar-refractivity contribution < 1.29 is 29.4 Å². The lowest BCUT2D eigenvalue weighted by Crippen LogP contribution is -2.58. The lowest BCUT2D eigenvalue weighted by atomic mass is 10.1. The van der Waals surface area contributed by atoms with Crippen molar-refractivity contribution in [3.8, 4) is 0 Å². The van der Waals surface area contributed by atoms with Crippen molar-refractivity contribution in [3.63, 3.8) is 0 Å². The molecular weight excluding hydrogens is 448 g/mol. The van der Waals surface area contributed by atoms with Gasteiger partial charge in [-0.3, -0.25) is 14.4 Å². The number of aliphatic hydroxyl groups is 1. The lowest BCUT2D eigenvalue weighted by Gasteiger charge is -2.28. The Bertz CT molecular complexity index is 979. The number of rotatable bonds is 11. The number of hydrogen-bond acceptors (Lipinski definition) is 8. The molecule has 0 aromatic carbocycles. The van der Waals surface area contributed by atoms with E-state index >= 15 is 0 Å². The Labute approximate surface area is 194 Å². The first-order chi connectivity index (χ1) is 16.3. The Morgan fingerprint density at radius 2 is 1.68 bits per heavy atom. The van der Waals surface area contributed by atoms with Crippen LogP contribution in [-0.2, 0) is 32.0 Å². The number of carboxylic acid groups (broad SMARTS) is 1. The number of nitrogens with two attached hydrogens (primary N) is 1. The van der Waals surface area contributed by atoms with Gasteiger partial charge < -0.3 is 41.4 Å². The average Bonchev–Trinajstić information content (AvgIpc) is 3.59. The van der Waals surface area contributed by atoms with Gasteiger partial charge in [-0.05, 0) is 12.8 Å². The summed E-state index contributed by atoms with van der Waals surface area (Å²) in [6.07, 6.45) is 6.85. The summed E-state index contributed by atoms with van der Waals surface area (Å²) in [4.78, 5) is 64.5. The van der Waals surface area contributed by atoms with Crippen molar-refractivity contribution in [2.45, 2.75) is 49.9 Å². The van der Waals surface area contributed by atoms with E-state index in [1.165, 1.54) is 25.0 Å². The van der Waals surface area contributed by atoms with Crippen LogP contribution in [-0.4, -0.2) is 96.1 Å². The quantitative estimate of drug-likeness (QED) is 0.179. The number of carbonyl (C=O) groups is 4. The van der Waals surface area contributed by atoms with Crippen molar-refractivity contribution in [2.75, 3.05) is 13.2 Å². The predicted molar refractivity (Wildman–Crippen MR) is 116 cm³/mol. The summed E-state index contributed by atoms with van der Waals surface area (Å²) in [5.74, 6) is -3.20. The molecule has 0 bridgehead atoms. The highest BCUT2D eigenvalue weighted by atomic mass is 16.4. The average molecular weight is 476 g/mol. The second-order valence-electron chi connectivity index (χ2n) is 8.00. The fourth-order valence-electron chi connectivity index (χ4n) is 3.78. The molecule has 14 nitrogen and oxygen atoms in total. The molecule has 1 aliphatic rings. The number of aromatic nitrogens is 4. The van der Waals surface area contributed by atoms with Crippen LogP contribution in [0, 0.1) is 0 Å². The molecule has 4 unspecified atom stereocenters. The van der Waals surface area contributed by atoms with Gasteiger partial charge in [0.15, 0.2) is 0 Å². The highest BCUT2D eigenvalue weighted by molar-refractivity contribution is 5.94. The number of likely N-dealkylation sites (tertiary alicyclic amines) is 1. The Hall–Kier alpha value is -3.78. The van der Waals surface area contributed by atoms with E-state index in [4.69, 9.17) is 5.73 Å². The molecule has 0 spiro atoms. The van der Waals surface area contributed by atoms with Crippen LogP contribution in [0.3, 0.4) is 0 Å². The number of nitrogens with zero attached hydrogens (tertiary/aromatic N) is 3. The molecule has 0 saturated carbocycles. The van der Waals surface area contributed by atoms with Gasteiger partial charge in [0, 0.05) is 43.2 Å². The smallest absolute Gasteiger partial charge is 0.326 e. The van der Waals surface area contributed by atoms with Crippen LogP contribution < -0.4 is 16.4 Å². The largest absolute Gasteiger partial charge is 0.480 e. The van der Waals surface area contributed by atoms with Gasteiger partial charge in [0.25, 0.3) is 0 Å². The molecule has 2 aromatic heterocycles. The van der Waals surface area contributed by atoms with Crippen LogP contribution in [0.5, 0.6) is 0 Å². The van der Waals surface area contributed by atoms with Crippen molar-refractivity contribution >= 4 is 23.7 Å². The van der Waals surface area contributed by atoms with Gasteiger partial charge in [-0.25, -0.2) is 14.8 Å². The van der Waals surface area contributed by atoms with Crippen molar-refractivity contribution in [1.82, 2.24) is 35.5 Å². The van der Waals surface area contributed by atoms with Gasteiger partial charge >= 0.3 is 5.97 Å². The molecule has 0 radical (unpaired) electrons. The van der Waals surface area contributed by atoms with Crippen LogP contribution in [0.15, 0.2) is 25.0 Å². The fraction of sp³-hybridized carbons (Fsp3) is 0.500. The van der Waals surface area contributed by atoms with Crippen molar-refractivity contribution in [2.24, 2.45) is 5.73 Å². The zero-order valence-electron chi connectivity index (χ0n) is 18.3. The zero-order chi connectivity index (χ0) is 24.7. The SMILES string of the molecule is NC(Cc1cnc[nH]1)C(=O)NC(Cc1cnc[nH]1)C(=O)NC(CO)C(=O)N1CCCC1C(=O)O. The predicted octanol–water partition coefficient (Wildman–Crippen LogP) is -2.72. The summed E-state index contributed by atoms with van der Waals surface area (Å²) in [6.45, 7) is -0.531. The maximum absolute atomic E-state index is 13.0. The lowest BCUT2D eigenvalue weighted by molar-refractivity contribution is -0.150. The summed E-state index contributed by atoms with van der Waals surface area (Å²) >= 11 is 0. The molecule has 8 N–H and O–H groups in total. The molecule has 3 heterocycles. The highest BCUT2D eigenvalue weighted by Crippen LogP contribution is 2.18. The molecule has 0 aliphatic carbocycles. The molecule has 2 aromatic rings. The van der Waals surface area contributed by atoms with E-state index in [1.807, 2.05) is 0 Å². The molecule has 3 amide bonds. The fourth-order valence-corrected chi connectivity index (χ4v) is 3.78. The number of amides is 3. The van der Waals surface area contributed by atoms with E-state index in [-0.39, 0.29) is 19.4 Å². The number of aliphatic hydroxyl groups excluding tert-OH is 1. The third-order valence-corrected chi connectivity index (χ3v) is 5.56. The maximum atomic E-state index is 13.0. The Morgan fingerprint density at radius 3 is 2.24 bits per heavy atom. The summed E-state index contributed by atoms with van der Waals surface area (Å²) in [5, 5.41) is 24.1. The Kier molecular flexibility index (Phi) is 8.32. The van der Waals surface area contributed by atoms with Gasteiger partial charge in [-0.2, -0.15) is 0 Å². The first-order valence-corrected chi connectivity index (χ1v) is 10.7. The van der Waals surface area contributed by atoms with Crippen LogP contribution in [0.2, 0.25) is 0 Å². The van der Waals surface area contributed by atoms with E-state index in [2.05, 4.69) is 30.6 Å². The molecule has 184 valence electrons. The first-order valence-electron chi connectivity index (χ1n) is 10.7. The first kappa shape index (κ1) is 24.9. The molecule has 34 heavy (non-hydrogen) atoms. The number of carbonyl (C=O) groups excluding carboxylic acids is 3. The van der Waals surface area contributed by atoms with E-state index in [0.717, 1.165) is 4.90 Å². The number of nitrogens with one attached hydrogen (secondary N) is 4. The summed E-state index contributed by atoms with van der Waals surface area (Å²) < 4.78 is 0. The van der Waals surface area contributed by atoms with Crippen LogP contribution in [0.4, 0.5) is 0 Å². The minimum Gasteiger partial charge on any atom is -0.480 e. The zero-order valence-corrected chi connectivity index (χ0v) is 18.3. The highest BCUT2D eigenvalue weighted by Gasteiger charge is 2.38. The van der Waals surface area contributed by atoms with Crippen LogP contribution >= 0.6 is 0 Å². The topological polar surface area (TPSA) is 219 Å². The van der Waals surface area contributed by atoms with Crippen LogP contribution in [0.1, 0.15) is 24.2 Å². The molecule has 4 atom stereocenters. The summed E-state index contributed by atoms with van der Waals surface area (Å²) in [6, 6.07) is -4.50. The second kappa shape index (κ2) is 11.4. The van der Waals surface area contributed by atoms with E-state index < -0.39 is 54.5 Å². The third-order valence-electron chi connectivity index (χ3n) is 5.56. The number of carboxylic acids is 1. The van der Waals surface area contributed by atoms with Gasteiger partial charge in [0.05, 0.1) is 25.3 Å². The number of hydrogen-bond donors (Lipinski definition) is 7. The molecule has 1 fully saturated rings. The maximum Gasteiger partial charge on any atom is 0.326 e. The monoisotopic (exact) mass is 476 g/mol. The van der Waals surface area contributed by atoms with Gasteiger partial charge in [-0.1, -0.05) is 0 Å². The minimum atomic E-state index is -1.37. The van der Waals surface area contributed by atoms with Crippen molar-refractivity contribution in [1.29, 1.82) is 0 Å². The van der Waals surface area contributed by atoms with Gasteiger partial charge in [-0.15, -0.1) is 0 Å². The third kappa shape index (κ3) is 6.17. The molecule has 1 aliphatic heterocycles. The summed E-state index contributed by atoms with van der Waals surface area (Å²) in [5.41, 5.74) is 7.15. The van der Waals surface area contributed by atoms with Gasteiger partial charge in [0.1, 0.15) is 18.1 Å². The number of H-pyrrole nitrogens is 2. The normalized spacial score (nSPS) is 18.2. The van der Waals surface area contributed by atoms with E-state index in [0.29, 0.717) is 24.2 Å². The standard InChI is InChI=1S/C20H28N8O6/c21-13(4-11-6-22-9-24-11)17(30)26-14(5-12-7-23-10-25-12)18(31)27-15(8-29)19(32)28-3-1-2-16(28)20(33)34/h6-7,9-10,13-16,29H,1-5,8,21H2,(H,22,24)(H,23,25)(H,26,30)(H,27,31)(H,33,34). The minimum absolute atomic E-state index is 0.0160. The number of aliphatic carboxylic acids is 1. The Balaban J connectivity index is 1.69. The van der Waals surface area contributed by atoms with Gasteiger partial charge in [0.2, 0.25) is 17.7 Å². The molecular formula is C20H28N8O6. The molecule has 3 rings (SSSR count). The van der Waals surface area contributed by atoms with Crippen LogP contribution in [0.25, 0.3) is 0 Å². The molecule has 1 saturated heterocycles. The van der Waals surface area contributed by atoms with E-state index in [1.54, 1.807) is 0 Å². The second-order valence-corrected chi connectivity index (χ2v) is 8.00. The Morgan fingerprint density at radius 1 is 1.06 bits per heavy atom. The number of imidazole rings is 2. The molecule has 14 heteroatoms. The van der Waals surface area contributed by atoms with E-state index in [9.17, 15) is 29.4 Å². The number of aromatic amines is 2. The van der Waals surface area contributed by atoms with Crippen molar-refractivity contribution in [3.05, 3.63) is 36.4 Å². The summed E-state index contributed by atoms with van der Waals surface area (Å²) in [7, 11) is 0.